The molecule has 1 unspecified atom stereocenters. The minimum atomic E-state index is -0.909. The van der Waals surface area contributed by atoms with Gasteiger partial charge in [0.15, 0.2) is 11.6 Å². The van der Waals surface area contributed by atoms with Crippen LogP contribution in [0.25, 0.3) is 0 Å². The lowest BCUT2D eigenvalue weighted by atomic mass is 10.1. The van der Waals surface area contributed by atoms with Crippen LogP contribution in [0.5, 0.6) is 0 Å². The molecule has 0 saturated carbocycles. The van der Waals surface area contributed by atoms with E-state index in [1.807, 2.05) is 30.3 Å². The van der Waals surface area contributed by atoms with Gasteiger partial charge in [0.25, 0.3) is 0 Å². The van der Waals surface area contributed by atoms with Gasteiger partial charge in [0, 0.05) is 17.5 Å². The summed E-state index contributed by atoms with van der Waals surface area (Å²) in [6, 6.07) is 13.2. The summed E-state index contributed by atoms with van der Waals surface area (Å²) in [5.41, 5.74) is 0.832. The number of thioether (sulfide) groups is 1. The first-order chi connectivity index (χ1) is 12.1. The van der Waals surface area contributed by atoms with Gasteiger partial charge in [0.1, 0.15) is 5.25 Å². The molecule has 1 fully saturated rings. The van der Waals surface area contributed by atoms with Gasteiger partial charge in [0.2, 0.25) is 5.91 Å². The van der Waals surface area contributed by atoms with Gasteiger partial charge in [-0.3, -0.25) is 4.79 Å². The minimum Gasteiger partial charge on any atom is -0.351 e. The number of hydrogen-bond donors (Lipinski definition) is 2. The van der Waals surface area contributed by atoms with Crippen molar-refractivity contribution in [3.63, 3.8) is 0 Å². The summed E-state index contributed by atoms with van der Waals surface area (Å²) >= 11 is 1.22. The van der Waals surface area contributed by atoms with E-state index in [4.69, 9.17) is 0 Å². The molecule has 3 rings (SSSR count). The maximum absolute atomic E-state index is 13.5. The molecule has 0 bridgehead atoms. The summed E-state index contributed by atoms with van der Waals surface area (Å²) in [4.78, 5) is 13.4. The molecule has 2 aromatic carbocycles. The van der Waals surface area contributed by atoms with Gasteiger partial charge in [-0.05, 0) is 43.1 Å². The van der Waals surface area contributed by atoms with Crippen molar-refractivity contribution in [2.24, 2.45) is 0 Å². The standard InChI is InChI=1S/C19H20F2N2OS/c20-16-9-8-15(11-17(16)21)25-18(13-5-2-1-3-6-13)19(24)23-14-7-4-10-22-12-14/h1-3,5-6,8-9,11,14,18,22H,4,7,10,12H2,(H,23,24)/t14-,18?/m0/s1. The number of hydrogen-bond acceptors (Lipinski definition) is 3. The van der Waals surface area contributed by atoms with E-state index < -0.39 is 16.9 Å². The smallest absolute Gasteiger partial charge is 0.238 e. The summed E-state index contributed by atoms with van der Waals surface area (Å²) in [6.07, 6.45) is 1.97. The van der Waals surface area contributed by atoms with Gasteiger partial charge in [-0.1, -0.05) is 30.3 Å². The van der Waals surface area contributed by atoms with Crippen molar-refractivity contribution in [2.45, 2.75) is 29.0 Å². The summed E-state index contributed by atoms with van der Waals surface area (Å²) in [7, 11) is 0. The zero-order chi connectivity index (χ0) is 17.6. The number of halogens is 2. The van der Waals surface area contributed by atoms with Gasteiger partial charge in [0.05, 0.1) is 0 Å². The molecule has 2 atom stereocenters. The van der Waals surface area contributed by atoms with Crippen molar-refractivity contribution in [3.8, 4) is 0 Å². The molecule has 6 heteroatoms. The van der Waals surface area contributed by atoms with Gasteiger partial charge in [-0.15, -0.1) is 11.8 Å². The lowest BCUT2D eigenvalue weighted by Gasteiger charge is -2.26. The van der Waals surface area contributed by atoms with E-state index in [9.17, 15) is 13.6 Å². The highest BCUT2D eigenvalue weighted by Gasteiger charge is 2.25. The Hall–Kier alpha value is -1.92. The molecule has 1 saturated heterocycles. The number of carbonyl (C=O) groups is 1. The Kier molecular flexibility index (Phi) is 6.04. The van der Waals surface area contributed by atoms with Crippen LogP contribution in [0.2, 0.25) is 0 Å². The van der Waals surface area contributed by atoms with Crippen LogP contribution in [0.3, 0.4) is 0 Å². The number of carbonyl (C=O) groups excluding carboxylic acids is 1. The van der Waals surface area contributed by atoms with Crippen LogP contribution >= 0.6 is 11.8 Å². The fourth-order valence-corrected chi connectivity index (χ4v) is 3.90. The van der Waals surface area contributed by atoms with Crippen molar-refractivity contribution in [1.82, 2.24) is 10.6 Å². The topological polar surface area (TPSA) is 41.1 Å². The van der Waals surface area contributed by atoms with Crippen LogP contribution in [0.4, 0.5) is 8.78 Å². The predicted octanol–water partition coefficient (Wildman–Crippen LogP) is 3.67. The van der Waals surface area contributed by atoms with Gasteiger partial charge in [-0.25, -0.2) is 8.78 Å². The van der Waals surface area contributed by atoms with Crippen molar-refractivity contribution in [1.29, 1.82) is 0 Å². The number of benzene rings is 2. The highest BCUT2D eigenvalue weighted by atomic mass is 32.2. The Morgan fingerprint density at radius 3 is 2.64 bits per heavy atom. The second-order valence-corrected chi connectivity index (χ2v) is 7.21. The Morgan fingerprint density at radius 2 is 1.96 bits per heavy atom. The quantitative estimate of drug-likeness (QED) is 0.798. The molecule has 0 radical (unpaired) electrons. The Morgan fingerprint density at radius 1 is 1.16 bits per heavy atom. The Labute approximate surface area is 150 Å². The van der Waals surface area contributed by atoms with E-state index >= 15 is 0 Å². The maximum Gasteiger partial charge on any atom is 0.238 e. The second kappa shape index (κ2) is 8.45. The third kappa shape index (κ3) is 4.80. The van der Waals surface area contributed by atoms with Crippen LogP contribution in [0.15, 0.2) is 53.4 Å². The van der Waals surface area contributed by atoms with E-state index in [1.54, 1.807) is 0 Å². The molecule has 1 heterocycles. The number of rotatable bonds is 5. The summed E-state index contributed by atoms with van der Waals surface area (Å²) in [5.74, 6) is -1.92. The molecule has 1 amide bonds. The molecule has 2 N–H and O–H groups in total. The van der Waals surface area contributed by atoms with Gasteiger partial charge < -0.3 is 10.6 Å². The highest BCUT2D eigenvalue weighted by molar-refractivity contribution is 8.00. The fourth-order valence-electron chi connectivity index (χ4n) is 2.84. The number of piperidine rings is 1. The molecule has 132 valence electrons. The number of nitrogens with one attached hydrogen (secondary N) is 2. The van der Waals surface area contributed by atoms with E-state index in [1.165, 1.54) is 17.8 Å². The average Bonchev–Trinajstić information content (AvgIpc) is 2.64. The molecule has 0 aliphatic carbocycles. The van der Waals surface area contributed by atoms with E-state index in [0.29, 0.717) is 4.90 Å². The molecular weight excluding hydrogens is 342 g/mol. The SMILES string of the molecule is O=C(N[C@H]1CCCNC1)C(Sc1ccc(F)c(F)c1)c1ccccc1. The summed E-state index contributed by atoms with van der Waals surface area (Å²) in [6.45, 7) is 1.72. The van der Waals surface area contributed by atoms with Crippen molar-refractivity contribution < 1.29 is 13.6 Å². The lowest BCUT2D eigenvalue weighted by Crippen LogP contribution is -2.46. The average molecular weight is 362 g/mol. The third-order valence-corrected chi connectivity index (χ3v) is 5.38. The molecule has 1 aliphatic heterocycles. The van der Waals surface area contributed by atoms with Gasteiger partial charge >= 0.3 is 0 Å². The summed E-state index contributed by atoms with van der Waals surface area (Å²) in [5, 5.41) is 5.82. The lowest BCUT2D eigenvalue weighted by molar-refractivity contribution is -0.121. The Bertz CT molecular complexity index is 721. The molecule has 0 spiro atoms. The molecule has 0 aromatic heterocycles. The monoisotopic (exact) mass is 362 g/mol. The maximum atomic E-state index is 13.5. The molecule has 25 heavy (non-hydrogen) atoms. The van der Waals surface area contributed by atoms with Crippen LogP contribution in [0, 0.1) is 11.6 Å². The zero-order valence-corrected chi connectivity index (χ0v) is 14.5. The van der Waals surface area contributed by atoms with Crippen molar-refractivity contribution in [3.05, 3.63) is 65.7 Å². The largest absolute Gasteiger partial charge is 0.351 e. The van der Waals surface area contributed by atoms with E-state index in [-0.39, 0.29) is 11.9 Å². The van der Waals surface area contributed by atoms with Crippen molar-refractivity contribution >= 4 is 17.7 Å². The molecule has 2 aromatic rings. The molecule has 1 aliphatic rings. The van der Waals surface area contributed by atoms with Crippen LogP contribution in [0.1, 0.15) is 23.7 Å². The number of amides is 1. The van der Waals surface area contributed by atoms with Crippen LogP contribution in [-0.2, 0) is 4.79 Å². The second-order valence-electron chi connectivity index (χ2n) is 6.04. The predicted molar refractivity (Wildman–Crippen MR) is 95.4 cm³/mol. The fraction of sp³-hybridized carbons (Fsp3) is 0.316. The van der Waals surface area contributed by atoms with Crippen molar-refractivity contribution in [2.75, 3.05) is 13.1 Å². The molecular formula is C19H20F2N2OS. The van der Waals surface area contributed by atoms with Gasteiger partial charge in [-0.2, -0.15) is 0 Å². The normalized spacial score (nSPS) is 18.6. The van der Waals surface area contributed by atoms with E-state index in [2.05, 4.69) is 10.6 Å². The first kappa shape index (κ1) is 17.9. The third-order valence-electron chi connectivity index (χ3n) is 4.13. The summed E-state index contributed by atoms with van der Waals surface area (Å²) < 4.78 is 26.7. The van der Waals surface area contributed by atoms with E-state index in [0.717, 1.165) is 43.6 Å². The first-order valence-electron chi connectivity index (χ1n) is 8.31. The molecule has 3 nitrogen and oxygen atoms in total. The van der Waals surface area contributed by atoms with Crippen LogP contribution in [-0.4, -0.2) is 25.0 Å². The minimum absolute atomic E-state index is 0.0954. The first-order valence-corrected chi connectivity index (χ1v) is 9.19. The van der Waals surface area contributed by atoms with Crippen LogP contribution < -0.4 is 10.6 Å². The zero-order valence-electron chi connectivity index (χ0n) is 13.7. The Balaban J connectivity index is 1.79. The highest BCUT2D eigenvalue weighted by Crippen LogP contribution is 2.36.